The van der Waals surface area contributed by atoms with Gasteiger partial charge in [-0.25, -0.2) is 9.59 Å². The van der Waals surface area contributed by atoms with Crippen molar-refractivity contribution in [3.63, 3.8) is 0 Å². The zero-order valence-electron chi connectivity index (χ0n) is 11.0. The van der Waals surface area contributed by atoms with Crippen LogP contribution >= 0.6 is 0 Å². The highest BCUT2D eigenvalue weighted by Gasteiger charge is 2.24. The third-order valence-corrected chi connectivity index (χ3v) is 2.40. The van der Waals surface area contributed by atoms with Crippen LogP contribution in [0.1, 0.15) is 12.0 Å². The number of methoxy groups -OCH3 is 1. The zero-order valence-corrected chi connectivity index (χ0v) is 11.0. The van der Waals surface area contributed by atoms with Crippen LogP contribution in [0.4, 0.5) is 4.79 Å². The number of alkyl carbamates (subject to hydrolysis) is 1. The molecule has 1 unspecified atom stereocenters. The molecule has 0 bridgehead atoms. The molecule has 108 valence electrons. The van der Waals surface area contributed by atoms with Gasteiger partial charge in [-0.15, -0.1) is 0 Å². The Morgan fingerprint density at radius 2 is 1.90 bits per heavy atom. The van der Waals surface area contributed by atoms with Gasteiger partial charge < -0.3 is 20.5 Å². The van der Waals surface area contributed by atoms with E-state index in [4.69, 9.17) is 10.5 Å². The van der Waals surface area contributed by atoms with Crippen molar-refractivity contribution < 1.29 is 23.9 Å². The number of hydrogen-bond acceptors (Lipinski definition) is 5. The average molecular weight is 280 g/mol. The van der Waals surface area contributed by atoms with E-state index in [9.17, 15) is 14.4 Å². The maximum absolute atomic E-state index is 11.5. The first-order chi connectivity index (χ1) is 9.52. The quantitative estimate of drug-likeness (QED) is 0.730. The van der Waals surface area contributed by atoms with Crippen LogP contribution in [0, 0.1) is 0 Å². The van der Waals surface area contributed by atoms with Crippen molar-refractivity contribution in [2.45, 2.75) is 19.1 Å². The molecule has 1 rings (SSSR count). The third-order valence-electron chi connectivity index (χ3n) is 2.40. The molecule has 0 saturated heterocycles. The molecule has 0 aromatic heterocycles. The number of hydrogen-bond donors (Lipinski definition) is 2. The topological polar surface area (TPSA) is 108 Å². The van der Waals surface area contributed by atoms with Crippen LogP contribution in [0.15, 0.2) is 30.3 Å². The van der Waals surface area contributed by atoms with Gasteiger partial charge in [0.15, 0.2) is 0 Å². The second-order valence-electron chi connectivity index (χ2n) is 3.95. The Hall–Kier alpha value is -2.57. The lowest BCUT2D eigenvalue weighted by Crippen LogP contribution is -2.44. The van der Waals surface area contributed by atoms with Gasteiger partial charge in [0, 0.05) is 0 Å². The highest BCUT2D eigenvalue weighted by atomic mass is 16.6. The van der Waals surface area contributed by atoms with Gasteiger partial charge in [-0.1, -0.05) is 30.3 Å². The molecule has 0 radical (unpaired) electrons. The Balaban J connectivity index is 2.49. The SMILES string of the molecule is COC(=O)C(CC(N)=O)NC(=O)OCc1ccccc1. The molecule has 3 N–H and O–H groups in total. The van der Waals surface area contributed by atoms with Gasteiger partial charge in [-0.05, 0) is 5.56 Å². The maximum Gasteiger partial charge on any atom is 0.408 e. The molecule has 0 aliphatic heterocycles. The fourth-order valence-corrected chi connectivity index (χ4v) is 1.44. The first kappa shape index (κ1) is 15.5. The van der Waals surface area contributed by atoms with Gasteiger partial charge in [0.05, 0.1) is 13.5 Å². The molecule has 0 aliphatic rings. The Bertz CT molecular complexity index is 475. The van der Waals surface area contributed by atoms with Crippen LogP contribution in [-0.2, 0) is 25.7 Å². The van der Waals surface area contributed by atoms with Crippen LogP contribution in [0.3, 0.4) is 0 Å². The smallest absolute Gasteiger partial charge is 0.408 e. The van der Waals surface area contributed by atoms with E-state index >= 15 is 0 Å². The summed E-state index contributed by atoms with van der Waals surface area (Å²) in [5, 5.41) is 2.23. The number of ether oxygens (including phenoxy) is 2. The predicted octanol–water partition coefficient (Wildman–Crippen LogP) is 0.330. The molecule has 0 aliphatic carbocycles. The largest absolute Gasteiger partial charge is 0.467 e. The average Bonchev–Trinajstić information content (AvgIpc) is 2.44. The molecular formula is C13H16N2O5. The second kappa shape index (κ2) is 7.78. The number of rotatable bonds is 6. The van der Waals surface area contributed by atoms with Crippen LogP contribution in [0.5, 0.6) is 0 Å². The van der Waals surface area contributed by atoms with Gasteiger partial charge in [0.25, 0.3) is 0 Å². The van der Waals surface area contributed by atoms with Crippen molar-refractivity contribution in [2.24, 2.45) is 5.73 Å². The minimum Gasteiger partial charge on any atom is -0.467 e. The number of nitrogens with one attached hydrogen (secondary N) is 1. The molecule has 0 heterocycles. The van der Waals surface area contributed by atoms with Crippen LogP contribution < -0.4 is 11.1 Å². The summed E-state index contributed by atoms with van der Waals surface area (Å²) in [5.41, 5.74) is 5.79. The van der Waals surface area contributed by atoms with Crippen molar-refractivity contribution in [3.05, 3.63) is 35.9 Å². The maximum atomic E-state index is 11.5. The van der Waals surface area contributed by atoms with Gasteiger partial charge >= 0.3 is 12.1 Å². The fourth-order valence-electron chi connectivity index (χ4n) is 1.44. The van der Waals surface area contributed by atoms with E-state index in [0.29, 0.717) is 0 Å². The van der Waals surface area contributed by atoms with Crippen LogP contribution in [0.2, 0.25) is 0 Å². The molecule has 1 atom stereocenters. The summed E-state index contributed by atoms with van der Waals surface area (Å²) >= 11 is 0. The van der Waals surface area contributed by atoms with Gasteiger partial charge in [-0.2, -0.15) is 0 Å². The number of primary amides is 1. The Kier molecular flexibility index (Phi) is 6.02. The van der Waals surface area contributed by atoms with Crippen molar-refractivity contribution in [1.29, 1.82) is 0 Å². The third kappa shape index (κ3) is 5.38. The number of benzene rings is 1. The monoisotopic (exact) mass is 280 g/mol. The summed E-state index contributed by atoms with van der Waals surface area (Å²) in [6.07, 6.45) is -1.18. The van der Waals surface area contributed by atoms with E-state index < -0.39 is 24.0 Å². The van der Waals surface area contributed by atoms with Crippen molar-refractivity contribution in [1.82, 2.24) is 5.32 Å². The predicted molar refractivity (Wildman–Crippen MR) is 69.4 cm³/mol. The summed E-state index contributed by atoms with van der Waals surface area (Å²) in [7, 11) is 1.15. The molecule has 1 aromatic carbocycles. The minimum absolute atomic E-state index is 0.0527. The van der Waals surface area contributed by atoms with E-state index in [2.05, 4.69) is 10.1 Å². The normalized spacial score (nSPS) is 11.2. The fraction of sp³-hybridized carbons (Fsp3) is 0.308. The molecule has 20 heavy (non-hydrogen) atoms. The number of esters is 1. The summed E-state index contributed by atoms with van der Waals surface area (Å²) in [4.78, 5) is 33.7. The zero-order chi connectivity index (χ0) is 15.0. The molecule has 0 saturated carbocycles. The van der Waals surface area contributed by atoms with Crippen LogP contribution in [-0.4, -0.2) is 31.1 Å². The number of carbonyl (C=O) groups excluding carboxylic acids is 3. The van der Waals surface area contributed by atoms with E-state index in [1.807, 2.05) is 6.07 Å². The molecule has 7 heteroatoms. The Morgan fingerprint density at radius 3 is 2.45 bits per heavy atom. The van der Waals surface area contributed by atoms with E-state index in [1.165, 1.54) is 0 Å². The highest BCUT2D eigenvalue weighted by Crippen LogP contribution is 2.02. The Morgan fingerprint density at radius 1 is 1.25 bits per heavy atom. The molecule has 0 fully saturated rings. The molecule has 1 aromatic rings. The highest BCUT2D eigenvalue weighted by molar-refractivity contribution is 5.87. The van der Waals surface area contributed by atoms with Gasteiger partial charge in [-0.3, -0.25) is 4.79 Å². The molecular weight excluding hydrogens is 264 g/mol. The summed E-state index contributed by atoms with van der Waals surface area (Å²) in [6, 6.07) is 7.87. The van der Waals surface area contributed by atoms with Crippen molar-refractivity contribution >= 4 is 18.0 Å². The molecule has 0 spiro atoms. The van der Waals surface area contributed by atoms with Crippen molar-refractivity contribution in [2.75, 3.05) is 7.11 Å². The number of nitrogens with two attached hydrogens (primary N) is 1. The first-order valence-electron chi connectivity index (χ1n) is 5.86. The lowest BCUT2D eigenvalue weighted by atomic mass is 10.2. The second-order valence-corrected chi connectivity index (χ2v) is 3.95. The molecule has 2 amide bonds. The van der Waals surface area contributed by atoms with E-state index in [0.717, 1.165) is 12.7 Å². The summed E-state index contributed by atoms with van der Waals surface area (Å²) in [5.74, 6) is -1.50. The van der Waals surface area contributed by atoms with Gasteiger partial charge in [0.1, 0.15) is 12.6 Å². The summed E-state index contributed by atoms with van der Waals surface area (Å²) in [6.45, 7) is 0.0527. The first-order valence-corrected chi connectivity index (χ1v) is 5.86. The van der Waals surface area contributed by atoms with Crippen molar-refractivity contribution in [3.8, 4) is 0 Å². The van der Waals surface area contributed by atoms with Gasteiger partial charge in [0.2, 0.25) is 5.91 Å². The molecule has 7 nitrogen and oxygen atoms in total. The van der Waals surface area contributed by atoms with E-state index in [-0.39, 0.29) is 13.0 Å². The summed E-state index contributed by atoms with van der Waals surface area (Å²) < 4.78 is 9.38. The standard InChI is InChI=1S/C13H16N2O5/c1-19-12(17)10(7-11(14)16)15-13(18)20-8-9-5-3-2-4-6-9/h2-6,10H,7-8H2,1H3,(H2,14,16)(H,15,18). The number of amides is 2. The number of carbonyl (C=O) groups is 3. The minimum atomic E-state index is -1.15. The lowest BCUT2D eigenvalue weighted by molar-refractivity contribution is -0.144. The van der Waals surface area contributed by atoms with Crippen LogP contribution in [0.25, 0.3) is 0 Å². The van der Waals surface area contributed by atoms with E-state index in [1.54, 1.807) is 24.3 Å². The lowest BCUT2D eigenvalue weighted by Gasteiger charge is -2.14. The Labute approximate surface area is 116 Å².